The van der Waals surface area contributed by atoms with Gasteiger partial charge in [-0.2, -0.15) is 0 Å². The second-order valence-electron chi connectivity index (χ2n) is 6.47. The predicted octanol–water partition coefficient (Wildman–Crippen LogP) is 3.63. The van der Waals surface area contributed by atoms with E-state index in [9.17, 15) is 0 Å². The second kappa shape index (κ2) is 6.59. The Morgan fingerprint density at radius 1 is 1.05 bits per heavy atom. The van der Waals surface area contributed by atoms with Gasteiger partial charge in [0, 0.05) is 7.11 Å². The zero-order valence-electron chi connectivity index (χ0n) is 14.1. The maximum Gasteiger partial charge on any atom is 0.122 e. The number of methoxy groups -OCH3 is 2. The minimum atomic E-state index is 0.0582. The van der Waals surface area contributed by atoms with Crippen LogP contribution < -0.4 is 10.1 Å². The molecule has 114 valence electrons. The molecule has 3 nitrogen and oxygen atoms in total. The summed E-state index contributed by atoms with van der Waals surface area (Å²) in [5.74, 6) is 0.936. The highest BCUT2D eigenvalue weighted by atomic mass is 16.5. The Hall–Kier alpha value is -1.06. The van der Waals surface area contributed by atoms with Crippen molar-refractivity contribution in [2.45, 2.75) is 46.8 Å². The monoisotopic (exact) mass is 279 g/mol. The Morgan fingerprint density at radius 2 is 1.65 bits per heavy atom. The van der Waals surface area contributed by atoms with Gasteiger partial charge in [0.25, 0.3) is 0 Å². The summed E-state index contributed by atoms with van der Waals surface area (Å²) in [5.41, 5.74) is 3.70. The van der Waals surface area contributed by atoms with Gasteiger partial charge in [0.2, 0.25) is 0 Å². The number of nitrogens with one attached hydrogen (secondary N) is 1. The molecule has 0 spiro atoms. The fourth-order valence-electron chi connectivity index (χ4n) is 2.83. The minimum absolute atomic E-state index is 0.0582. The Balaban J connectivity index is 3.28. The maximum absolute atomic E-state index is 5.78. The summed E-state index contributed by atoms with van der Waals surface area (Å²) in [4.78, 5) is 0. The number of ether oxygens (including phenoxy) is 2. The van der Waals surface area contributed by atoms with Gasteiger partial charge < -0.3 is 14.8 Å². The molecule has 0 aliphatic heterocycles. The first-order valence-electron chi connectivity index (χ1n) is 7.11. The summed E-state index contributed by atoms with van der Waals surface area (Å²) in [6.07, 6.45) is 0.0963. The van der Waals surface area contributed by atoms with Crippen molar-refractivity contribution in [3.05, 3.63) is 28.8 Å². The van der Waals surface area contributed by atoms with Crippen LogP contribution in [-0.2, 0) is 4.74 Å². The van der Waals surface area contributed by atoms with Crippen molar-refractivity contribution in [2.24, 2.45) is 5.41 Å². The highest BCUT2D eigenvalue weighted by molar-refractivity contribution is 5.43. The molecule has 0 aromatic heterocycles. The normalized spacial score (nSPS) is 15.0. The molecule has 0 saturated heterocycles. The van der Waals surface area contributed by atoms with E-state index in [1.807, 2.05) is 7.05 Å². The molecule has 0 aliphatic carbocycles. The van der Waals surface area contributed by atoms with E-state index in [0.717, 1.165) is 11.3 Å². The lowest BCUT2D eigenvalue weighted by molar-refractivity contribution is -0.0103. The third-order valence-corrected chi connectivity index (χ3v) is 3.84. The molecular weight excluding hydrogens is 250 g/mol. The molecule has 0 fully saturated rings. The average Bonchev–Trinajstić information content (AvgIpc) is 2.36. The van der Waals surface area contributed by atoms with E-state index in [1.54, 1.807) is 14.2 Å². The average molecular weight is 279 g/mol. The number of hydrogen-bond acceptors (Lipinski definition) is 3. The summed E-state index contributed by atoms with van der Waals surface area (Å²) >= 11 is 0. The molecule has 0 amide bonds. The van der Waals surface area contributed by atoms with Crippen LogP contribution in [0.15, 0.2) is 12.1 Å². The second-order valence-corrected chi connectivity index (χ2v) is 6.47. The van der Waals surface area contributed by atoms with Gasteiger partial charge >= 0.3 is 0 Å². The number of aryl methyl sites for hydroxylation is 2. The van der Waals surface area contributed by atoms with Crippen molar-refractivity contribution in [3.63, 3.8) is 0 Å². The SMILES string of the molecule is CNC(c1cc(C)c(OC)cc1C)C(OC)C(C)(C)C. The Morgan fingerprint density at radius 3 is 2.05 bits per heavy atom. The van der Waals surface area contributed by atoms with E-state index >= 15 is 0 Å². The van der Waals surface area contributed by atoms with Gasteiger partial charge in [-0.15, -0.1) is 0 Å². The van der Waals surface area contributed by atoms with Crippen LogP contribution in [0.2, 0.25) is 0 Å². The first kappa shape index (κ1) is 17.0. The molecule has 1 rings (SSSR count). The van der Waals surface area contributed by atoms with Gasteiger partial charge in [-0.3, -0.25) is 0 Å². The van der Waals surface area contributed by atoms with Crippen LogP contribution in [0.4, 0.5) is 0 Å². The third-order valence-electron chi connectivity index (χ3n) is 3.84. The van der Waals surface area contributed by atoms with Crippen molar-refractivity contribution in [1.82, 2.24) is 5.32 Å². The lowest BCUT2D eigenvalue weighted by atomic mass is 9.80. The van der Waals surface area contributed by atoms with Crippen LogP contribution >= 0.6 is 0 Å². The molecular formula is C17H29NO2. The van der Waals surface area contributed by atoms with Crippen LogP contribution in [0, 0.1) is 19.3 Å². The van der Waals surface area contributed by atoms with E-state index in [1.165, 1.54) is 11.1 Å². The van der Waals surface area contributed by atoms with Gasteiger partial charge in [0.05, 0.1) is 19.3 Å². The van der Waals surface area contributed by atoms with Crippen LogP contribution in [0.5, 0.6) is 5.75 Å². The van der Waals surface area contributed by atoms with E-state index in [4.69, 9.17) is 9.47 Å². The fraction of sp³-hybridized carbons (Fsp3) is 0.647. The van der Waals surface area contributed by atoms with Crippen molar-refractivity contribution in [2.75, 3.05) is 21.3 Å². The van der Waals surface area contributed by atoms with Crippen molar-refractivity contribution in [1.29, 1.82) is 0 Å². The largest absolute Gasteiger partial charge is 0.496 e. The highest BCUT2D eigenvalue weighted by Gasteiger charge is 2.33. The van der Waals surface area contributed by atoms with Gasteiger partial charge in [0.15, 0.2) is 0 Å². The van der Waals surface area contributed by atoms with Crippen molar-refractivity contribution in [3.8, 4) is 5.75 Å². The Labute approximate surface area is 123 Å². The van der Waals surface area contributed by atoms with Gasteiger partial charge in [-0.1, -0.05) is 26.8 Å². The number of rotatable bonds is 5. The standard InChI is InChI=1S/C17H29NO2/c1-11-10-14(19-7)12(2)9-13(11)15(18-6)16(20-8)17(3,4)5/h9-10,15-16,18H,1-8H3. The van der Waals surface area contributed by atoms with Gasteiger partial charge in [-0.05, 0) is 49.1 Å². The summed E-state index contributed by atoms with van der Waals surface area (Å²) in [7, 11) is 5.48. The molecule has 3 heteroatoms. The topological polar surface area (TPSA) is 30.5 Å². The first-order valence-corrected chi connectivity index (χ1v) is 7.11. The van der Waals surface area contributed by atoms with Crippen LogP contribution in [0.3, 0.4) is 0 Å². The number of benzene rings is 1. The molecule has 0 saturated carbocycles. The van der Waals surface area contributed by atoms with Crippen molar-refractivity contribution < 1.29 is 9.47 Å². The molecule has 0 aliphatic rings. The fourth-order valence-corrected chi connectivity index (χ4v) is 2.83. The molecule has 1 N–H and O–H groups in total. The zero-order chi connectivity index (χ0) is 15.5. The van der Waals surface area contributed by atoms with E-state index in [-0.39, 0.29) is 17.6 Å². The Kier molecular flexibility index (Phi) is 5.60. The van der Waals surface area contributed by atoms with Gasteiger partial charge in [-0.25, -0.2) is 0 Å². The zero-order valence-corrected chi connectivity index (χ0v) is 14.1. The van der Waals surface area contributed by atoms with Crippen LogP contribution in [0.25, 0.3) is 0 Å². The molecule has 0 radical (unpaired) electrons. The molecule has 0 bridgehead atoms. The first-order chi connectivity index (χ1) is 9.26. The Bertz CT molecular complexity index is 449. The summed E-state index contributed by atoms with van der Waals surface area (Å²) in [5, 5.41) is 3.42. The van der Waals surface area contributed by atoms with Gasteiger partial charge in [0.1, 0.15) is 5.75 Å². The number of hydrogen-bond donors (Lipinski definition) is 1. The molecule has 1 aromatic carbocycles. The maximum atomic E-state index is 5.78. The third kappa shape index (κ3) is 3.53. The smallest absolute Gasteiger partial charge is 0.122 e. The molecule has 1 aromatic rings. The van der Waals surface area contributed by atoms with Crippen LogP contribution in [-0.4, -0.2) is 27.4 Å². The summed E-state index contributed by atoms with van der Waals surface area (Å²) in [6.45, 7) is 10.8. The molecule has 2 unspecified atom stereocenters. The van der Waals surface area contributed by atoms with E-state index in [0.29, 0.717) is 0 Å². The lowest BCUT2D eigenvalue weighted by Gasteiger charge is -2.37. The minimum Gasteiger partial charge on any atom is -0.496 e. The van der Waals surface area contributed by atoms with Crippen LogP contribution in [0.1, 0.15) is 43.5 Å². The predicted molar refractivity (Wildman–Crippen MR) is 84.5 cm³/mol. The van der Waals surface area contributed by atoms with E-state index < -0.39 is 0 Å². The number of likely N-dealkylation sites (N-methyl/N-ethyl adjacent to an activating group) is 1. The quantitative estimate of drug-likeness (QED) is 0.892. The summed E-state index contributed by atoms with van der Waals surface area (Å²) < 4.78 is 11.2. The summed E-state index contributed by atoms with van der Waals surface area (Å²) in [6, 6.07) is 4.46. The molecule has 2 atom stereocenters. The van der Waals surface area contributed by atoms with E-state index in [2.05, 4.69) is 52.1 Å². The molecule has 0 heterocycles. The van der Waals surface area contributed by atoms with Crippen molar-refractivity contribution >= 4 is 0 Å². The molecule has 20 heavy (non-hydrogen) atoms. The lowest BCUT2D eigenvalue weighted by Crippen LogP contribution is -2.40. The highest BCUT2D eigenvalue weighted by Crippen LogP contribution is 2.35.